The third-order valence-electron chi connectivity index (χ3n) is 3.34. The number of nitrogens with one attached hydrogen (secondary N) is 2. The summed E-state index contributed by atoms with van der Waals surface area (Å²) in [5.74, 6) is 0.0899. The molecule has 2 N–H and O–H groups in total. The summed E-state index contributed by atoms with van der Waals surface area (Å²) in [5, 5.41) is 14.5. The minimum absolute atomic E-state index is 0.204. The van der Waals surface area contributed by atoms with Crippen LogP contribution in [0.4, 0.5) is 5.69 Å². The van der Waals surface area contributed by atoms with Gasteiger partial charge in [-0.2, -0.15) is 5.26 Å². The highest BCUT2D eigenvalue weighted by Gasteiger charge is 2.08. The number of H-pyrrole nitrogens is 1. The highest BCUT2D eigenvalue weighted by Crippen LogP contribution is 2.11. The van der Waals surface area contributed by atoms with Gasteiger partial charge in [0, 0.05) is 17.3 Å². The molecule has 1 amide bonds. The number of benzene rings is 1. The number of nitriles is 1. The van der Waals surface area contributed by atoms with E-state index in [1.807, 2.05) is 6.07 Å². The number of aromatic nitrogens is 3. The Hall–Kier alpha value is -3.66. The number of carbonyl (C=O) groups is 1. The Morgan fingerprint density at radius 3 is 2.75 bits per heavy atom. The molecule has 7 nitrogen and oxygen atoms in total. The molecule has 3 aromatic rings. The minimum atomic E-state index is -0.338. The highest BCUT2D eigenvalue weighted by atomic mass is 16.1. The maximum absolute atomic E-state index is 12.2. The molecular weight excluding hydrogens is 306 g/mol. The van der Waals surface area contributed by atoms with E-state index in [0.717, 1.165) is 5.69 Å². The van der Waals surface area contributed by atoms with Gasteiger partial charge >= 0.3 is 0 Å². The Morgan fingerprint density at radius 1 is 1.29 bits per heavy atom. The van der Waals surface area contributed by atoms with Crippen LogP contribution in [0.3, 0.4) is 0 Å². The summed E-state index contributed by atoms with van der Waals surface area (Å²) >= 11 is 0. The van der Waals surface area contributed by atoms with Gasteiger partial charge in [0.05, 0.1) is 23.5 Å². The van der Waals surface area contributed by atoms with Gasteiger partial charge in [-0.3, -0.25) is 14.7 Å². The van der Waals surface area contributed by atoms with Crippen LogP contribution in [0.2, 0.25) is 0 Å². The van der Waals surface area contributed by atoms with Crippen LogP contribution in [-0.4, -0.2) is 20.7 Å². The molecule has 24 heavy (non-hydrogen) atoms. The van der Waals surface area contributed by atoms with E-state index in [9.17, 15) is 9.59 Å². The van der Waals surface area contributed by atoms with Crippen molar-refractivity contribution in [1.82, 2.24) is 14.8 Å². The van der Waals surface area contributed by atoms with Gasteiger partial charge in [-0.15, -0.1) is 0 Å². The number of hydrogen-bond acceptors (Lipinski definition) is 4. The molecule has 0 radical (unpaired) electrons. The monoisotopic (exact) mass is 319 g/mol. The fraction of sp³-hybridized carbons (Fsp3) is 0.0588. The number of aryl methyl sites for hydroxylation is 1. The molecule has 2 heterocycles. The van der Waals surface area contributed by atoms with E-state index < -0.39 is 0 Å². The van der Waals surface area contributed by atoms with Crippen molar-refractivity contribution in [2.75, 3.05) is 5.32 Å². The number of carbonyl (C=O) groups excluding carboxylic acids is 1. The first-order chi connectivity index (χ1) is 11.6. The van der Waals surface area contributed by atoms with E-state index >= 15 is 0 Å². The topological polar surface area (TPSA) is 104 Å². The van der Waals surface area contributed by atoms with E-state index in [0.29, 0.717) is 22.6 Å². The largest absolute Gasteiger partial charge is 0.321 e. The van der Waals surface area contributed by atoms with Crippen molar-refractivity contribution in [1.29, 1.82) is 5.26 Å². The molecule has 0 saturated heterocycles. The molecule has 0 aliphatic carbocycles. The zero-order chi connectivity index (χ0) is 17.1. The van der Waals surface area contributed by atoms with Crippen LogP contribution >= 0.6 is 0 Å². The van der Waals surface area contributed by atoms with Gasteiger partial charge in [-0.1, -0.05) is 6.07 Å². The molecule has 0 aliphatic heterocycles. The zero-order valence-corrected chi connectivity index (χ0v) is 12.8. The Morgan fingerprint density at radius 2 is 2.12 bits per heavy atom. The van der Waals surface area contributed by atoms with Gasteiger partial charge in [0.15, 0.2) is 5.82 Å². The second-order valence-electron chi connectivity index (χ2n) is 5.16. The summed E-state index contributed by atoms with van der Waals surface area (Å²) in [6.45, 7) is 1.78. The Balaban J connectivity index is 1.79. The van der Waals surface area contributed by atoms with Crippen LogP contribution in [0.5, 0.6) is 0 Å². The van der Waals surface area contributed by atoms with E-state index in [-0.39, 0.29) is 11.5 Å². The average Bonchev–Trinajstić information content (AvgIpc) is 2.94. The lowest BCUT2D eigenvalue weighted by atomic mass is 10.1. The number of hydrogen-bond donors (Lipinski definition) is 2. The van der Waals surface area contributed by atoms with Crippen LogP contribution in [0.1, 0.15) is 21.6 Å². The molecule has 0 spiro atoms. The maximum atomic E-state index is 12.2. The van der Waals surface area contributed by atoms with Gasteiger partial charge < -0.3 is 5.32 Å². The molecule has 0 unspecified atom stereocenters. The number of amides is 1. The average molecular weight is 319 g/mol. The lowest BCUT2D eigenvalue weighted by Gasteiger charge is -2.06. The first-order valence-corrected chi connectivity index (χ1v) is 7.13. The van der Waals surface area contributed by atoms with Gasteiger partial charge in [-0.25, -0.2) is 9.67 Å². The fourth-order valence-electron chi connectivity index (χ4n) is 2.21. The summed E-state index contributed by atoms with van der Waals surface area (Å²) in [5.41, 5.74) is 1.82. The Bertz CT molecular complexity index is 993. The summed E-state index contributed by atoms with van der Waals surface area (Å²) in [7, 11) is 0. The molecule has 1 aromatic carbocycles. The van der Waals surface area contributed by atoms with Crippen molar-refractivity contribution in [2.24, 2.45) is 0 Å². The third kappa shape index (κ3) is 3.08. The van der Waals surface area contributed by atoms with Crippen molar-refractivity contribution >= 4 is 11.6 Å². The van der Waals surface area contributed by atoms with Crippen LogP contribution in [0.15, 0.2) is 53.5 Å². The van der Waals surface area contributed by atoms with Gasteiger partial charge in [-0.05, 0) is 37.3 Å². The van der Waals surface area contributed by atoms with E-state index in [4.69, 9.17) is 5.26 Å². The van der Waals surface area contributed by atoms with Crippen LogP contribution in [-0.2, 0) is 0 Å². The SMILES string of the molecule is Cc1cc(=O)n(-c2ccc(NC(=O)c3cccc(C#N)c3)cn2)[nH]1. The summed E-state index contributed by atoms with van der Waals surface area (Å²) in [4.78, 5) is 28.1. The van der Waals surface area contributed by atoms with Crippen LogP contribution in [0.25, 0.3) is 5.82 Å². The van der Waals surface area contributed by atoms with Gasteiger partial charge in [0.2, 0.25) is 0 Å². The summed E-state index contributed by atoms with van der Waals surface area (Å²) < 4.78 is 1.32. The Labute approximate surface area is 137 Å². The molecule has 0 aliphatic rings. The minimum Gasteiger partial charge on any atom is -0.321 e. The van der Waals surface area contributed by atoms with E-state index in [1.165, 1.54) is 23.0 Å². The standard InChI is InChI=1S/C17H13N5O2/c1-11-7-16(23)22(21-11)15-6-5-14(10-19-15)20-17(24)13-4-2-3-12(8-13)9-18/h2-8,10,21H,1H3,(H,20,24). The van der Waals surface area contributed by atoms with Crippen molar-refractivity contribution in [2.45, 2.75) is 6.92 Å². The molecule has 0 atom stereocenters. The Kier molecular flexibility index (Phi) is 3.95. The number of aromatic amines is 1. The zero-order valence-electron chi connectivity index (χ0n) is 12.8. The smallest absolute Gasteiger partial charge is 0.272 e. The molecule has 0 bridgehead atoms. The van der Waals surface area contributed by atoms with Crippen molar-refractivity contribution < 1.29 is 4.79 Å². The number of rotatable bonds is 3. The van der Waals surface area contributed by atoms with Gasteiger partial charge in [0.25, 0.3) is 11.5 Å². The van der Waals surface area contributed by atoms with Gasteiger partial charge in [0.1, 0.15) is 0 Å². The molecule has 7 heteroatoms. The van der Waals surface area contributed by atoms with E-state index in [2.05, 4.69) is 15.4 Å². The molecule has 0 saturated carbocycles. The predicted molar refractivity (Wildman–Crippen MR) is 88.0 cm³/mol. The maximum Gasteiger partial charge on any atom is 0.272 e. The van der Waals surface area contributed by atoms with Crippen LogP contribution < -0.4 is 10.9 Å². The second-order valence-corrected chi connectivity index (χ2v) is 5.16. The quantitative estimate of drug-likeness (QED) is 0.770. The molecular formula is C17H13N5O2. The normalized spacial score (nSPS) is 10.2. The third-order valence-corrected chi connectivity index (χ3v) is 3.34. The summed E-state index contributed by atoms with van der Waals surface area (Å²) in [6, 6.07) is 13.1. The number of pyridine rings is 1. The second kappa shape index (κ2) is 6.22. The lowest BCUT2D eigenvalue weighted by Crippen LogP contribution is -2.16. The molecule has 2 aromatic heterocycles. The number of nitrogens with zero attached hydrogens (tertiary/aromatic N) is 3. The molecule has 3 rings (SSSR count). The van der Waals surface area contributed by atoms with Crippen molar-refractivity contribution in [3.63, 3.8) is 0 Å². The fourth-order valence-corrected chi connectivity index (χ4v) is 2.21. The van der Waals surface area contributed by atoms with Crippen molar-refractivity contribution in [3.05, 3.63) is 75.8 Å². The summed E-state index contributed by atoms with van der Waals surface area (Å²) in [6.07, 6.45) is 1.46. The van der Waals surface area contributed by atoms with E-state index in [1.54, 1.807) is 37.3 Å². The molecule has 118 valence electrons. The first-order valence-electron chi connectivity index (χ1n) is 7.13. The number of anilines is 1. The van der Waals surface area contributed by atoms with Crippen molar-refractivity contribution in [3.8, 4) is 11.9 Å². The predicted octanol–water partition coefficient (Wildman–Crippen LogP) is 1.99. The lowest BCUT2D eigenvalue weighted by molar-refractivity contribution is 0.102. The first kappa shape index (κ1) is 15.2. The van der Waals surface area contributed by atoms with Crippen LogP contribution in [0, 0.1) is 18.3 Å². The molecule has 0 fully saturated rings. The highest BCUT2D eigenvalue weighted by molar-refractivity contribution is 6.04.